The van der Waals surface area contributed by atoms with E-state index in [9.17, 15) is 4.79 Å². The number of pyridine rings is 1. The molecule has 0 aliphatic rings. The van der Waals surface area contributed by atoms with Crippen LogP contribution in [0, 0.1) is 0 Å². The van der Waals surface area contributed by atoms with Gasteiger partial charge < -0.3 is 10.5 Å². The lowest BCUT2D eigenvalue weighted by atomic mass is 9.99. The fourth-order valence-electron chi connectivity index (χ4n) is 2.25. The van der Waals surface area contributed by atoms with Crippen molar-refractivity contribution in [1.82, 2.24) is 4.98 Å². The van der Waals surface area contributed by atoms with Gasteiger partial charge in [-0.15, -0.1) is 0 Å². The Balaban J connectivity index is 1.99. The van der Waals surface area contributed by atoms with Crippen LogP contribution in [-0.4, -0.2) is 23.6 Å². The molecule has 0 aliphatic heterocycles. The first kappa shape index (κ1) is 14.5. The third-order valence-electron chi connectivity index (χ3n) is 3.25. The fraction of sp³-hybridized carbons (Fsp3) is 0.375. The number of esters is 1. The Hall–Kier alpha value is -1.94. The molecule has 2 rings (SSSR count). The summed E-state index contributed by atoms with van der Waals surface area (Å²) in [5.74, 6) is -0.178. The van der Waals surface area contributed by atoms with Crippen molar-refractivity contribution < 1.29 is 9.53 Å². The third kappa shape index (κ3) is 3.78. The lowest BCUT2D eigenvalue weighted by molar-refractivity contribution is -0.143. The summed E-state index contributed by atoms with van der Waals surface area (Å²) in [5, 5.41) is 1.13. The molecule has 106 valence electrons. The standard InChI is InChI=1S/C16H20N2O2/c1-2-20-16(19)8-7-13(17)11-12-9-10-18-15-6-4-3-5-14(12)15/h3-6,9-10,13H,2,7-8,11,17H2,1H3. The average Bonchev–Trinajstić information content (AvgIpc) is 2.46. The predicted molar refractivity (Wildman–Crippen MR) is 79.3 cm³/mol. The molecule has 1 atom stereocenters. The van der Waals surface area contributed by atoms with Crippen LogP contribution in [-0.2, 0) is 16.0 Å². The molecule has 0 saturated carbocycles. The Morgan fingerprint density at radius 2 is 2.15 bits per heavy atom. The van der Waals surface area contributed by atoms with E-state index in [2.05, 4.69) is 11.1 Å². The van der Waals surface area contributed by atoms with Crippen LogP contribution >= 0.6 is 0 Å². The summed E-state index contributed by atoms with van der Waals surface area (Å²) < 4.78 is 4.91. The number of hydrogen-bond donors (Lipinski definition) is 1. The number of fused-ring (bicyclic) bond motifs is 1. The number of ether oxygens (including phenoxy) is 1. The van der Waals surface area contributed by atoms with Crippen molar-refractivity contribution in [2.75, 3.05) is 6.61 Å². The van der Waals surface area contributed by atoms with Crippen LogP contribution in [0.25, 0.3) is 10.9 Å². The van der Waals surface area contributed by atoms with Crippen molar-refractivity contribution in [2.24, 2.45) is 5.73 Å². The molecule has 2 aromatic rings. The van der Waals surface area contributed by atoms with Gasteiger partial charge in [-0.1, -0.05) is 18.2 Å². The number of hydrogen-bond acceptors (Lipinski definition) is 4. The predicted octanol–water partition coefficient (Wildman–Crippen LogP) is 2.45. The summed E-state index contributed by atoms with van der Waals surface area (Å²) >= 11 is 0. The highest BCUT2D eigenvalue weighted by Gasteiger charge is 2.10. The molecule has 4 heteroatoms. The number of rotatable bonds is 6. The maximum atomic E-state index is 11.3. The molecule has 0 amide bonds. The zero-order chi connectivity index (χ0) is 14.4. The van der Waals surface area contributed by atoms with Gasteiger partial charge >= 0.3 is 5.97 Å². The van der Waals surface area contributed by atoms with E-state index in [1.165, 1.54) is 5.56 Å². The zero-order valence-electron chi connectivity index (χ0n) is 11.7. The van der Waals surface area contributed by atoms with Crippen molar-refractivity contribution in [3.8, 4) is 0 Å². The Bertz CT molecular complexity index is 578. The van der Waals surface area contributed by atoms with E-state index in [1.807, 2.05) is 24.3 Å². The Morgan fingerprint density at radius 1 is 1.35 bits per heavy atom. The second-order valence-corrected chi connectivity index (χ2v) is 4.80. The quantitative estimate of drug-likeness (QED) is 0.820. The minimum Gasteiger partial charge on any atom is -0.466 e. The molecule has 0 aliphatic carbocycles. The summed E-state index contributed by atoms with van der Waals surface area (Å²) in [6.45, 7) is 2.23. The van der Waals surface area contributed by atoms with Gasteiger partial charge in [-0.3, -0.25) is 9.78 Å². The maximum absolute atomic E-state index is 11.3. The molecule has 2 N–H and O–H groups in total. The van der Waals surface area contributed by atoms with Crippen LogP contribution in [0.5, 0.6) is 0 Å². The summed E-state index contributed by atoms with van der Waals surface area (Å²) in [7, 11) is 0. The van der Waals surface area contributed by atoms with Crippen molar-refractivity contribution in [1.29, 1.82) is 0 Å². The molecule has 1 heterocycles. The van der Waals surface area contributed by atoms with Gasteiger partial charge in [0, 0.05) is 24.0 Å². The molecule has 1 unspecified atom stereocenters. The van der Waals surface area contributed by atoms with E-state index < -0.39 is 0 Å². The number of nitrogens with two attached hydrogens (primary N) is 1. The van der Waals surface area contributed by atoms with E-state index in [0.29, 0.717) is 19.4 Å². The van der Waals surface area contributed by atoms with Crippen molar-refractivity contribution in [3.05, 3.63) is 42.1 Å². The number of para-hydroxylation sites is 1. The topological polar surface area (TPSA) is 65.2 Å². The van der Waals surface area contributed by atoms with Gasteiger partial charge in [-0.25, -0.2) is 0 Å². The molecule has 0 bridgehead atoms. The smallest absolute Gasteiger partial charge is 0.305 e. The fourth-order valence-corrected chi connectivity index (χ4v) is 2.25. The molecule has 20 heavy (non-hydrogen) atoms. The normalized spacial score (nSPS) is 12.3. The lowest BCUT2D eigenvalue weighted by Gasteiger charge is -2.12. The van der Waals surface area contributed by atoms with Gasteiger partial charge in [-0.05, 0) is 37.5 Å². The van der Waals surface area contributed by atoms with E-state index in [1.54, 1.807) is 13.1 Å². The van der Waals surface area contributed by atoms with Crippen LogP contribution in [0.2, 0.25) is 0 Å². The monoisotopic (exact) mass is 272 g/mol. The lowest BCUT2D eigenvalue weighted by Crippen LogP contribution is -2.24. The molecule has 0 spiro atoms. The van der Waals surface area contributed by atoms with Gasteiger partial charge in [0.05, 0.1) is 12.1 Å². The Labute approximate surface area is 119 Å². The van der Waals surface area contributed by atoms with E-state index in [-0.39, 0.29) is 12.0 Å². The van der Waals surface area contributed by atoms with E-state index >= 15 is 0 Å². The van der Waals surface area contributed by atoms with Crippen molar-refractivity contribution in [3.63, 3.8) is 0 Å². The summed E-state index contributed by atoms with van der Waals surface area (Å²) in [6, 6.07) is 9.95. The van der Waals surface area contributed by atoms with E-state index in [4.69, 9.17) is 10.5 Å². The Kier molecular flexibility index (Phi) is 5.07. The number of aromatic nitrogens is 1. The van der Waals surface area contributed by atoms with Crippen molar-refractivity contribution in [2.45, 2.75) is 32.2 Å². The molecular weight excluding hydrogens is 252 g/mol. The van der Waals surface area contributed by atoms with Crippen LogP contribution in [0.4, 0.5) is 0 Å². The summed E-state index contributed by atoms with van der Waals surface area (Å²) in [5.41, 5.74) is 8.26. The first-order chi connectivity index (χ1) is 9.70. The highest BCUT2D eigenvalue weighted by Crippen LogP contribution is 2.18. The molecule has 4 nitrogen and oxygen atoms in total. The van der Waals surface area contributed by atoms with E-state index in [0.717, 1.165) is 17.3 Å². The van der Waals surface area contributed by atoms with Gasteiger partial charge in [0.15, 0.2) is 0 Å². The minimum absolute atomic E-state index is 0.0507. The molecule has 0 saturated heterocycles. The molecule has 1 aromatic carbocycles. The number of carbonyl (C=O) groups is 1. The zero-order valence-corrected chi connectivity index (χ0v) is 11.7. The molecular formula is C16H20N2O2. The third-order valence-corrected chi connectivity index (χ3v) is 3.25. The van der Waals surface area contributed by atoms with Gasteiger partial charge in [0.25, 0.3) is 0 Å². The number of carbonyl (C=O) groups excluding carboxylic acids is 1. The van der Waals surface area contributed by atoms with Crippen LogP contribution in [0.1, 0.15) is 25.3 Å². The SMILES string of the molecule is CCOC(=O)CCC(N)Cc1ccnc2ccccc12. The largest absolute Gasteiger partial charge is 0.466 e. The average molecular weight is 272 g/mol. The first-order valence-electron chi connectivity index (χ1n) is 6.94. The van der Waals surface area contributed by atoms with Gasteiger partial charge in [0.2, 0.25) is 0 Å². The summed E-state index contributed by atoms with van der Waals surface area (Å²) in [6.07, 6.45) is 3.55. The highest BCUT2D eigenvalue weighted by molar-refractivity contribution is 5.81. The molecule has 0 fully saturated rings. The number of benzene rings is 1. The number of nitrogens with zero attached hydrogens (tertiary/aromatic N) is 1. The highest BCUT2D eigenvalue weighted by atomic mass is 16.5. The van der Waals surface area contributed by atoms with Gasteiger partial charge in [-0.2, -0.15) is 0 Å². The maximum Gasteiger partial charge on any atom is 0.305 e. The Morgan fingerprint density at radius 3 is 2.95 bits per heavy atom. The van der Waals surface area contributed by atoms with Crippen LogP contribution in [0.15, 0.2) is 36.5 Å². The minimum atomic E-state index is -0.178. The molecule has 0 radical (unpaired) electrons. The van der Waals surface area contributed by atoms with Crippen LogP contribution < -0.4 is 5.73 Å². The van der Waals surface area contributed by atoms with Gasteiger partial charge in [0.1, 0.15) is 0 Å². The van der Waals surface area contributed by atoms with Crippen LogP contribution in [0.3, 0.4) is 0 Å². The second kappa shape index (κ2) is 7.01. The summed E-state index contributed by atoms with van der Waals surface area (Å²) in [4.78, 5) is 15.7. The first-order valence-corrected chi connectivity index (χ1v) is 6.94. The molecule has 1 aromatic heterocycles. The van der Waals surface area contributed by atoms with Crippen molar-refractivity contribution >= 4 is 16.9 Å². The second-order valence-electron chi connectivity index (χ2n) is 4.80.